The van der Waals surface area contributed by atoms with Crippen molar-refractivity contribution in [2.75, 3.05) is 19.1 Å². The summed E-state index contributed by atoms with van der Waals surface area (Å²) in [5.41, 5.74) is 0. The quantitative estimate of drug-likeness (QED) is 0.786. The van der Waals surface area contributed by atoms with Gasteiger partial charge in [0.05, 0.1) is 13.1 Å². The van der Waals surface area contributed by atoms with E-state index in [1.807, 2.05) is 11.8 Å². The molecule has 1 heterocycles. The second-order valence-corrected chi connectivity index (χ2v) is 6.03. The van der Waals surface area contributed by atoms with Crippen LogP contribution in [-0.4, -0.2) is 36.0 Å². The van der Waals surface area contributed by atoms with Crippen molar-refractivity contribution in [2.24, 2.45) is 0 Å². The van der Waals surface area contributed by atoms with E-state index < -0.39 is 0 Å². The van der Waals surface area contributed by atoms with Crippen molar-refractivity contribution in [3.8, 4) is 0 Å². The van der Waals surface area contributed by atoms with E-state index in [4.69, 9.17) is 4.42 Å². The third-order valence-corrected chi connectivity index (χ3v) is 3.78. The van der Waals surface area contributed by atoms with Crippen molar-refractivity contribution < 1.29 is 4.42 Å². The van der Waals surface area contributed by atoms with Crippen LogP contribution in [0, 0.1) is 0 Å². The summed E-state index contributed by atoms with van der Waals surface area (Å²) >= 11 is 1.88. The van der Waals surface area contributed by atoms with Gasteiger partial charge in [-0.05, 0) is 32.4 Å². The van der Waals surface area contributed by atoms with Gasteiger partial charge in [0.15, 0.2) is 0 Å². The number of hydrogen-bond donors (Lipinski definition) is 1. The zero-order valence-electron chi connectivity index (χ0n) is 12.2. The molecule has 1 aromatic rings. The Morgan fingerprint density at radius 2 is 1.94 bits per heavy atom. The summed E-state index contributed by atoms with van der Waals surface area (Å²) in [5.74, 6) is 3.22. The first-order valence-corrected chi connectivity index (χ1v) is 7.92. The molecule has 1 unspecified atom stereocenters. The highest BCUT2D eigenvalue weighted by atomic mass is 32.2. The van der Waals surface area contributed by atoms with Gasteiger partial charge in [-0.2, -0.15) is 11.8 Å². The maximum absolute atomic E-state index is 5.82. The molecular weight excluding hydrogens is 244 g/mol. The average molecular weight is 270 g/mol. The predicted octanol–water partition coefficient (Wildman–Crippen LogP) is 2.96. The number of nitrogens with one attached hydrogen (secondary N) is 1. The fraction of sp³-hybridized carbons (Fsp3) is 0.714. The van der Waals surface area contributed by atoms with E-state index >= 15 is 0 Å². The SMILES string of the molecule is CSCC(C)N(C)Cc1ccc(CNC(C)C)o1. The van der Waals surface area contributed by atoms with Gasteiger partial charge >= 0.3 is 0 Å². The zero-order chi connectivity index (χ0) is 13.5. The van der Waals surface area contributed by atoms with Crippen LogP contribution in [0.5, 0.6) is 0 Å². The Morgan fingerprint density at radius 3 is 2.56 bits per heavy atom. The number of nitrogens with zero attached hydrogens (tertiary/aromatic N) is 1. The van der Waals surface area contributed by atoms with Crippen LogP contribution in [0.2, 0.25) is 0 Å². The van der Waals surface area contributed by atoms with Crippen LogP contribution in [0.15, 0.2) is 16.5 Å². The fourth-order valence-corrected chi connectivity index (χ4v) is 2.41. The molecule has 1 aromatic heterocycles. The lowest BCUT2D eigenvalue weighted by molar-refractivity contribution is 0.244. The molecule has 0 aliphatic rings. The van der Waals surface area contributed by atoms with Gasteiger partial charge in [0, 0.05) is 17.8 Å². The number of rotatable bonds is 8. The Balaban J connectivity index is 2.43. The number of furan rings is 1. The standard InChI is InChI=1S/C14H26N2OS/c1-11(2)15-8-13-6-7-14(17-13)9-16(4)12(3)10-18-5/h6-7,11-12,15H,8-10H2,1-5H3. The highest BCUT2D eigenvalue weighted by Crippen LogP contribution is 2.13. The Kier molecular flexibility index (Phi) is 6.82. The van der Waals surface area contributed by atoms with Gasteiger partial charge in [0.25, 0.3) is 0 Å². The molecule has 0 aromatic carbocycles. The van der Waals surface area contributed by atoms with Crippen LogP contribution in [0.3, 0.4) is 0 Å². The molecule has 0 aliphatic heterocycles. The van der Waals surface area contributed by atoms with Gasteiger partial charge in [-0.25, -0.2) is 0 Å². The second kappa shape index (κ2) is 7.87. The Labute approximate surface area is 115 Å². The van der Waals surface area contributed by atoms with E-state index in [1.165, 1.54) is 0 Å². The largest absolute Gasteiger partial charge is 0.463 e. The van der Waals surface area contributed by atoms with Crippen molar-refractivity contribution in [1.82, 2.24) is 10.2 Å². The van der Waals surface area contributed by atoms with Gasteiger partial charge in [-0.1, -0.05) is 13.8 Å². The molecule has 0 radical (unpaired) electrons. The monoisotopic (exact) mass is 270 g/mol. The first-order chi connectivity index (χ1) is 8.52. The Morgan fingerprint density at radius 1 is 1.28 bits per heavy atom. The highest BCUT2D eigenvalue weighted by molar-refractivity contribution is 7.98. The van der Waals surface area contributed by atoms with Crippen LogP contribution in [0.4, 0.5) is 0 Å². The van der Waals surface area contributed by atoms with E-state index in [0.29, 0.717) is 12.1 Å². The van der Waals surface area contributed by atoms with Gasteiger partial charge in [0.2, 0.25) is 0 Å². The molecule has 1 rings (SSSR count). The average Bonchev–Trinajstić information content (AvgIpc) is 2.74. The smallest absolute Gasteiger partial charge is 0.118 e. The van der Waals surface area contributed by atoms with Crippen molar-refractivity contribution in [3.63, 3.8) is 0 Å². The molecule has 0 saturated heterocycles. The van der Waals surface area contributed by atoms with Crippen molar-refractivity contribution >= 4 is 11.8 Å². The summed E-state index contributed by atoms with van der Waals surface area (Å²) in [6.07, 6.45) is 2.15. The van der Waals surface area contributed by atoms with Crippen LogP contribution in [0.1, 0.15) is 32.3 Å². The van der Waals surface area contributed by atoms with E-state index in [1.54, 1.807) is 0 Å². The summed E-state index contributed by atoms with van der Waals surface area (Å²) in [4.78, 5) is 2.33. The van der Waals surface area contributed by atoms with Crippen molar-refractivity contribution in [1.29, 1.82) is 0 Å². The summed E-state index contributed by atoms with van der Waals surface area (Å²) in [7, 11) is 2.15. The van der Waals surface area contributed by atoms with Gasteiger partial charge in [-0.15, -0.1) is 0 Å². The van der Waals surface area contributed by atoms with Crippen LogP contribution < -0.4 is 5.32 Å². The Bertz CT molecular complexity index is 338. The highest BCUT2D eigenvalue weighted by Gasteiger charge is 2.11. The van der Waals surface area contributed by atoms with Crippen LogP contribution in [0.25, 0.3) is 0 Å². The normalized spacial score (nSPS) is 13.5. The first-order valence-electron chi connectivity index (χ1n) is 6.53. The van der Waals surface area contributed by atoms with Crippen LogP contribution >= 0.6 is 11.8 Å². The molecule has 1 atom stereocenters. The van der Waals surface area contributed by atoms with E-state index in [0.717, 1.165) is 30.4 Å². The minimum atomic E-state index is 0.489. The molecule has 0 aliphatic carbocycles. The molecule has 4 heteroatoms. The number of hydrogen-bond acceptors (Lipinski definition) is 4. The summed E-state index contributed by atoms with van der Waals surface area (Å²) in [5, 5.41) is 3.36. The lowest BCUT2D eigenvalue weighted by Gasteiger charge is -2.22. The maximum Gasteiger partial charge on any atom is 0.118 e. The maximum atomic E-state index is 5.82. The van der Waals surface area contributed by atoms with Crippen molar-refractivity contribution in [3.05, 3.63) is 23.7 Å². The molecule has 3 nitrogen and oxygen atoms in total. The summed E-state index contributed by atoms with van der Waals surface area (Å²) in [6, 6.07) is 5.21. The lowest BCUT2D eigenvalue weighted by atomic mass is 10.3. The van der Waals surface area contributed by atoms with E-state index in [-0.39, 0.29) is 0 Å². The van der Waals surface area contributed by atoms with Gasteiger partial charge < -0.3 is 9.73 Å². The van der Waals surface area contributed by atoms with Crippen molar-refractivity contribution in [2.45, 2.75) is 45.9 Å². The third kappa shape index (κ3) is 5.46. The molecule has 0 bridgehead atoms. The van der Waals surface area contributed by atoms with Crippen LogP contribution in [-0.2, 0) is 13.1 Å². The minimum Gasteiger partial charge on any atom is -0.463 e. The molecule has 18 heavy (non-hydrogen) atoms. The molecule has 0 spiro atoms. The minimum absolute atomic E-state index is 0.489. The van der Waals surface area contributed by atoms with Gasteiger partial charge in [-0.3, -0.25) is 4.90 Å². The number of thioether (sulfide) groups is 1. The molecule has 1 N–H and O–H groups in total. The predicted molar refractivity (Wildman–Crippen MR) is 80.0 cm³/mol. The third-order valence-electron chi connectivity index (χ3n) is 2.97. The topological polar surface area (TPSA) is 28.4 Å². The van der Waals surface area contributed by atoms with Gasteiger partial charge in [0.1, 0.15) is 11.5 Å². The zero-order valence-corrected chi connectivity index (χ0v) is 13.0. The molecule has 0 amide bonds. The molecule has 104 valence electrons. The summed E-state index contributed by atoms with van der Waals surface area (Å²) < 4.78 is 5.82. The van der Waals surface area contributed by atoms with E-state index in [9.17, 15) is 0 Å². The summed E-state index contributed by atoms with van der Waals surface area (Å²) in [6.45, 7) is 8.22. The van der Waals surface area contributed by atoms with E-state index in [2.05, 4.69) is 56.4 Å². The molecule has 0 saturated carbocycles. The first kappa shape index (κ1) is 15.6. The lowest BCUT2D eigenvalue weighted by Crippen LogP contribution is -2.30. The molecule has 0 fully saturated rings. The molecular formula is C14H26N2OS. The fourth-order valence-electron chi connectivity index (χ4n) is 1.68. The second-order valence-electron chi connectivity index (χ2n) is 5.12. The Hall–Kier alpha value is -0.450.